The van der Waals surface area contributed by atoms with Crippen LogP contribution in [0.4, 0.5) is 0 Å². The molecule has 5 fully saturated rings. The fraction of sp³-hybridized carbons (Fsp3) is 0.970. The molecule has 0 aromatic rings. The quantitative estimate of drug-likeness (QED) is 0.371. The first-order chi connectivity index (χ1) is 17.8. The van der Waals surface area contributed by atoms with Gasteiger partial charge in [0.05, 0.1) is 6.10 Å². The average molecular weight is 515 g/mol. The summed E-state index contributed by atoms with van der Waals surface area (Å²) < 4.78 is 0. The molecule has 10 atom stereocenters. The van der Waals surface area contributed by atoms with Crippen LogP contribution in [0, 0.1) is 46.3 Å². The predicted octanol–water partition coefficient (Wildman–Crippen LogP) is 6.46. The topological polar surface area (TPSA) is 52.6 Å². The Bertz CT molecular complexity index is 780. The SMILES string of the molecule is CCC(=O)CC[C@@H](C)[C@H]1CCC2C3C(CC[C@@]21C)[C@@]1(C)CC[C@H](NCCN2CCCCC2)C[C@@H]1C[C@H]3O. The van der Waals surface area contributed by atoms with Gasteiger partial charge in [0.25, 0.3) is 0 Å². The van der Waals surface area contributed by atoms with Crippen LogP contribution in [0.25, 0.3) is 0 Å². The van der Waals surface area contributed by atoms with Crippen LogP contribution in [-0.2, 0) is 4.79 Å². The molecule has 4 nitrogen and oxygen atoms in total. The number of rotatable bonds is 9. The molecule has 1 heterocycles. The normalized spacial score (nSPS) is 45.1. The molecule has 37 heavy (non-hydrogen) atoms. The van der Waals surface area contributed by atoms with Gasteiger partial charge in [0.15, 0.2) is 0 Å². The van der Waals surface area contributed by atoms with Crippen LogP contribution >= 0.6 is 0 Å². The van der Waals surface area contributed by atoms with E-state index in [9.17, 15) is 9.90 Å². The Morgan fingerprint density at radius 2 is 1.73 bits per heavy atom. The number of aliphatic hydroxyl groups is 1. The van der Waals surface area contributed by atoms with Gasteiger partial charge in [-0.25, -0.2) is 0 Å². The number of likely N-dealkylation sites (tertiary alicyclic amines) is 1. The van der Waals surface area contributed by atoms with E-state index in [-0.39, 0.29) is 6.10 Å². The zero-order chi connectivity index (χ0) is 26.2. The smallest absolute Gasteiger partial charge is 0.132 e. The highest BCUT2D eigenvalue weighted by atomic mass is 16.3. The average Bonchev–Trinajstić information content (AvgIpc) is 3.25. The van der Waals surface area contributed by atoms with E-state index in [1.54, 1.807) is 0 Å². The summed E-state index contributed by atoms with van der Waals surface area (Å²) >= 11 is 0. The lowest BCUT2D eigenvalue weighted by molar-refractivity contribution is -0.167. The maximum atomic E-state index is 12.0. The number of piperidine rings is 1. The van der Waals surface area contributed by atoms with E-state index in [2.05, 4.69) is 31.0 Å². The summed E-state index contributed by atoms with van der Waals surface area (Å²) in [5.74, 6) is 4.31. The Morgan fingerprint density at radius 3 is 2.49 bits per heavy atom. The third-order valence-electron chi connectivity index (χ3n) is 13.0. The maximum Gasteiger partial charge on any atom is 0.132 e. The van der Waals surface area contributed by atoms with Crippen molar-refractivity contribution in [3.8, 4) is 0 Å². The fourth-order valence-corrected chi connectivity index (χ4v) is 10.8. The molecule has 0 radical (unpaired) electrons. The molecule has 4 aliphatic carbocycles. The molecular formula is C33H58N2O2. The molecule has 0 bridgehead atoms. The summed E-state index contributed by atoms with van der Waals surface area (Å²) in [7, 11) is 0. The molecule has 5 aliphatic rings. The minimum Gasteiger partial charge on any atom is -0.393 e. The van der Waals surface area contributed by atoms with Crippen molar-refractivity contribution in [2.75, 3.05) is 26.2 Å². The van der Waals surface area contributed by atoms with Crippen LogP contribution < -0.4 is 5.32 Å². The maximum absolute atomic E-state index is 12.0. The Morgan fingerprint density at radius 1 is 1.00 bits per heavy atom. The van der Waals surface area contributed by atoms with Gasteiger partial charge in [0, 0.05) is 32.0 Å². The van der Waals surface area contributed by atoms with Crippen LogP contribution in [0.1, 0.15) is 118 Å². The molecule has 3 unspecified atom stereocenters. The largest absolute Gasteiger partial charge is 0.393 e. The number of carbonyl (C=O) groups is 1. The highest BCUT2D eigenvalue weighted by Gasteiger charge is 2.62. The van der Waals surface area contributed by atoms with E-state index < -0.39 is 0 Å². The van der Waals surface area contributed by atoms with Gasteiger partial charge in [0.1, 0.15) is 5.78 Å². The lowest BCUT2D eigenvalue weighted by Crippen LogP contribution is -2.59. The lowest BCUT2D eigenvalue weighted by Gasteiger charge is -2.62. The highest BCUT2D eigenvalue weighted by molar-refractivity contribution is 5.77. The molecule has 0 aromatic carbocycles. The highest BCUT2D eigenvalue weighted by Crippen LogP contribution is 2.68. The van der Waals surface area contributed by atoms with Crippen molar-refractivity contribution >= 4 is 5.78 Å². The molecular weight excluding hydrogens is 456 g/mol. The molecule has 4 saturated carbocycles. The molecule has 0 amide bonds. The summed E-state index contributed by atoms with van der Waals surface area (Å²) in [6.45, 7) is 14.5. The number of hydrogen-bond donors (Lipinski definition) is 2. The molecule has 5 rings (SSSR count). The first-order valence-corrected chi connectivity index (χ1v) is 16.4. The summed E-state index contributed by atoms with van der Waals surface area (Å²) in [5, 5.41) is 15.7. The molecule has 2 N–H and O–H groups in total. The van der Waals surface area contributed by atoms with Crippen LogP contribution in [0.3, 0.4) is 0 Å². The van der Waals surface area contributed by atoms with E-state index >= 15 is 0 Å². The van der Waals surface area contributed by atoms with E-state index in [0.717, 1.165) is 31.7 Å². The second-order valence-corrected chi connectivity index (χ2v) is 14.8. The summed E-state index contributed by atoms with van der Waals surface area (Å²) in [5.41, 5.74) is 0.765. The van der Waals surface area contributed by atoms with Crippen molar-refractivity contribution in [2.45, 2.75) is 130 Å². The molecule has 0 aromatic heterocycles. The van der Waals surface area contributed by atoms with Crippen molar-refractivity contribution < 1.29 is 9.90 Å². The standard InChI is InChI=1S/C33H58N2O2/c1-5-26(36)10-9-23(2)27-11-12-28-31-29(14-16-33(27,28)4)32(3)15-13-25(21-24(32)22-30(31)37)34-17-20-35-18-7-6-8-19-35/h23-25,27-31,34,37H,5-22H2,1-4H3/t23-,24-,25+,27-,28?,29?,30-,31?,32+,33-/m1/s1. The number of carbonyl (C=O) groups excluding carboxylic acids is 1. The van der Waals surface area contributed by atoms with Gasteiger partial charge in [-0.2, -0.15) is 0 Å². The number of fused-ring (bicyclic) bond motifs is 5. The van der Waals surface area contributed by atoms with Crippen LogP contribution in [-0.4, -0.2) is 54.1 Å². The third kappa shape index (κ3) is 5.47. The number of nitrogens with one attached hydrogen (secondary N) is 1. The monoisotopic (exact) mass is 514 g/mol. The van der Waals surface area contributed by atoms with Gasteiger partial charge in [-0.05, 0) is 130 Å². The van der Waals surface area contributed by atoms with Crippen LogP contribution in [0.2, 0.25) is 0 Å². The Hall–Kier alpha value is -0.450. The number of aliphatic hydroxyl groups excluding tert-OH is 1. The number of Topliss-reactive ketones (excluding diaryl/α,β-unsaturated/α-hetero) is 1. The molecule has 212 valence electrons. The molecule has 0 spiro atoms. The van der Waals surface area contributed by atoms with Crippen molar-refractivity contribution in [1.29, 1.82) is 0 Å². The van der Waals surface area contributed by atoms with Gasteiger partial charge >= 0.3 is 0 Å². The second-order valence-electron chi connectivity index (χ2n) is 14.8. The zero-order valence-corrected chi connectivity index (χ0v) is 24.6. The van der Waals surface area contributed by atoms with Gasteiger partial charge in [-0.15, -0.1) is 0 Å². The second kappa shape index (κ2) is 11.6. The lowest BCUT2D eigenvalue weighted by atomic mass is 9.43. The fourth-order valence-electron chi connectivity index (χ4n) is 10.8. The summed E-state index contributed by atoms with van der Waals surface area (Å²) in [6, 6.07) is 0.642. The van der Waals surface area contributed by atoms with E-state index in [1.165, 1.54) is 83.8 Å². The van der Waals surface area contributed by atoms with Gasteiger partial charge in [-0.3, -0.25) is 4.79 Å². The van der Waals surface area contributed by atoms with Crippen molar-refractivity contribution in [3.63, 3.8) is 0 Å². The minimum absolute atomic E-state index is 0.115. The van der Waals surface area contributed by atoms with E-state index in [0.29, 0.717) is 58.7 Å². The van der Waals surface area contributed by atoms with Gasteiger partial charge in [0.2, 0.25) is 0 Å². The number of ketones is 1. The molecule has 4 heteroatoms. The Balaban J connectivity index is 1.20. The first kappa shape index (κ1) is 28.1. The van der Waals surface area contributed by atoms with E-state index in [4.69, 9.17) is 0 Å². The molecule has 1 aliphatic heterocycles. The van der Waals surface area contributed by atoms with Crippen molar-refractivity contribution in [2.24, 2.45) is 46.3 Å². The predicted molar refractivity (Wildman–Crippen MR) is 152 cm³/mol. The van der Waals surface area contributed by atoms with Gasteiger partial charge < -0.3 is 15.3 Å². The minimum atomic E-state index is -0.115. The Kier molecular flexibility index (Phi) is 8.79. The van der Waals surface area contributed by atoms with Crippen LogP contribution in [0.5, 0.6) is 0 Å². The summed E-state index contributed by atoms with van der Waals surface area (Å²) in [6.07, 6.45) is 16.8. The zero-order valence-electron chi connectivity index (χ0n) is 24.6. The number of nitrogens with zero attached hydrogens (tertiary/aromatic N) is 1. The third-order valence-corrected chi connectivity index (χ3v) is 13.0. The summed E-state index contributed by atoms with van der Waals surface area (Å²) in [4.78, 5) is 14.7. The van der Waals surface area contributed by atoms with E-state index in [1.807, 2.05) is 6.92 Å². The van der Waals surface area contributed by atoms with Gasteiger partial charge in [-0.1, -0.05) is 34.1 Å². The van der Waals surface area contributed by atoms with Crippen LogP contribution in [0.15, 0.2) is 0 Å². The van der Waals surface area contributed by atoms with Crippen molar-refractivity contribution in [3.05, 3.63) is 0 Å². The number of hydrogen-bond acceptors (Lipinski definition) is 4. The Labute approximate surface area is 228 Å². The molecule has 1 saturated heterocycles. The van der Waals surface area contributed by atoms with Crippen molar-refractivity contribution in [1.82, 2.24) is 10.2 Å². The first-order valence-electron chi connectivity index (χ1n) is 16.4.